The minimum atomic E-state index is -0.830. The molecule has 7 nitrogen and oxygen atoms in total. The molecule has 1 saturated heterocycles. The second-order valence-electron chi connectivity index (χ2n) is 7.35. The zero-order chi connectivity index (χ0) is 19.8. The van der Waals surface area contributed by atoms with Crippen molar-refractivity contribution >= 4 is 11.9 Å². The number of ether oxygens (including phenoxy) is 3. The zero-order valence-electron chi connectivity index (χ0n) is 15.9. The quantitative estimate of drug-likeness (QED) is 0.724. The van der Waals surface area contributed by atoms with E-state index in [0.717, 1.165) is 38.7 Å². The summed E-state index contributed by atoms with van der Waals surface area (Å²) in [6, 6.07) is 8.80. The van der Waals surface area contributed by atoms with Crippen molar-refractivity contribution in [2.75, 3.05) is 19.8 Å². The fourth-order valence-electron chi connectivity index (χ4n) is 3.59. The molecule has 1 heterocycles. The molecule has 0 radical (unpaired) electrons. The van der Waals surface area contributed by atoms with E-state index < -0.39 is 24.0 Å². The Hall–Kier alpha value is -2.59. The molecular formula is C21H26N2O5. The largest absolute Gasteiger partial charge is 0.491 e. The molecule has 0 bridgehead atoms. The molecule has 1 N–H and O–H groups in total. The molecule has 7 heteroatoms. The Morgan fingerprint density at radius 1 is 1.18 bits per heavy atom. The molecule has 1 atom stereocenters. The van der Waals surface area contributed by atoms with Gasteiger partial charge in [0, 0.05) is 6.61 Å². The van der Waals surface area contributed by atoms with Crippen molar-refractivity contribution in [1.82, 2.24) is 5.32 Å². The second kappa shape index (κ2) is 9.56. The Kier molecular flexibility index (Phi) is 6.88. The maximum absolute atomic E-state index is 12.1. The molecule has 1 saturated carbocycles. The van der Waals surface area contributed by atoms with Gasteiger partial charge in [-0.2, -0.15) is 5.26 Å². The Bertz CT molecular complexity index is 713. The molecule has 3 rings (SSSR count). The van der Waals surface area contributed by atoms with Crippen LogP contribution in [-0.4, -0.2) is 43.3 Å². The van der Waals surface area contributed by atoms with Crippen LogP contribution in [-0.2, 0) is 14.3 Å². The van der Waals surface area contributed by atoms with Gasteiger partial charge in [0.15, 0.2) is 6.61 Å². The summed E-state index contributed by atoms with van der Waals surface area (Å²) in [7, 11) is 0. The van der Waals surface area contributed by atoms with Crippen molar-refractivity contribution in [3.05, 3.63) is 29.8 Å². The van der Waals surface area contributed by atoms with Crippen molar-refractivity contribution in [2.24, 2.45) is 0 Å². The summed E-state index contributed by atoms with van der Waals surface area (Å²) < 4.78 is 16.2. The normalized spacial score (nSPS) is 20.8. The van der Waals surface area contributed by atoms with E-state index in [1.165, 1.54) is 0 Å². The van der Waals surface area contributed by atoms with Crippen LogP contribution in [0.1, 0.15) is 55.3 Å². The average molecular weight is 386 g/mol. The van der Waals surface area contributed by atoms with Crippen LogP contribution in [0.15, 0.2) is 24.3 Å². The minimum Gasteiger partial charge on any atom is -0.491 e. The highest BCUT2D eigenvalue weighted by atomic mass is 16.5. The minimum absolute atomic E-state index is 0.129. The fourth-order valence-corrected chi connectivity index (χ4v) is 3.59. The van der Waals surface area contributed by atoms with Gasteiger partial charge in [-0.1, -0.05) is 19.3 Å². The van der Waals surface area contributed by atoms with Crippen LogP contribution < -0.4 is 10.1 Å². The smallest absolute Gasteiger partial charge is 0.338 e. The molecule has 1 aromatic rings. The summed E-state index contributed by atoms with van der Waals surface area (Å²) in [4.78, 5) is 24.2. The number of benzene rings is 1. The lowest BCUT2D eigenvalue weighted by Crippen LogP contribution is -2.50. The number of nitriles is 1. The van der Waals surface area contributed by atoms with E-state index in [-0.39, 0.29) is 6.10 Å². The summed E-state index contributed by atoms with van der Waals surface area (Å²) in [5, 5.41) is 12.1. The number of carbonyl (C=O) groups excluding carboxylic acids is 2. The van der Waals surface area contributed by atoms with Crippen LogP contribution in [0.4, 0.5) is 0 Å². The van der Waals surface area contributed by atoms with Crippen molar-refractivity contribution < 1.29 is 23.8 Å². The Morgan fingerprint density at radius 2 is 1.93 bits per heavy atom. The number of hydrogen-bond donors (Lipinski definition) is 1. The standard InChI is InChI=1S/C21H26N2O5/c22-15-21(10-2-1-3-11-21)23-19(24)14-28-20(25)16-6-8-17(9-7-16)27-13-18-5-4-12-26-18/h6-9,18H,1-5,10-14H2,(H,23,24). The monoisotopic (exact) mass is 386 g/mol. The van der Waals surface area contributed by atoms with Gasteiger partial charge in [0.25, 0.3) is 5.91 Å². The van der Waals surface area contributed by atoms with E-state index in [1.807, 2.05) is 0 Å². The fraction of sp³-hybridized carbons (Fsp3) is 0.571. The molecule has 2 fully saturated rings. The number of nitrogens with zero attached hydrogens (tertiary/aromatic N) is 1. The van der Waals surface area contributed by atoms with Crippen LogP contribution in [0.5, 0.6) is 5.75 Å². The van der Waals surface area contributed by atoms with Crippen LogP contribution in [0.3, 0.4) is 0 Å². The first-order chi connectivity index (χ1) is 13.6. The third-order valence-corrected chi connectivity index (χ3v) is 5.18. The van der Waals surface area contributed by atoms with E-state index in [2.05, 4.69) is 11.4 Å². The third kappa shape index (κ3) is 5.46. The van der Waals surface area contributed by atoms with E-state index in [0.29, 0.717) is 30.8 Å². The summed E-state index contributed by atoms with van der Waals surface area (Å²) in [5.41, 5.74) is -0.492. The highest BCUT2D eigenvalue weighted by Crippen LogP contribution is 2.27. The van der Waals surface area contributed by atoms with E-state index in [4.69, 9.17) is 14.2 Å². The average Bonchev–Trinajstić information content (AvgIpc) is 3.25. The number of rotatable bonds is 7. The Balaban J connectivity index is 1.43. The van der Waals surface area contributed by atoms with Gasteiger partial charge in [0.05, 0.1) is 17.7 Å². The first-order valence-electron chi connectivity index (χ1n) is 9.84. The Labute approximate surface area is 164 Å². The zero-order valence-corrected chi connectivity index (χ0v) is 15.9. The van der Waals surface area contributed by atoms with Crippen LogP contribution in [0, 0.1) is 11.3 Å². The number of esters is 1. The maximum atomic E-state index is 12.1. The molecule has 2 aliphatic rings. The lowest BCUT2D eigenvalue weighted by atomic mass is 9.83. The highest BCUT2D eigenvalue weighted by Gasteiger charge is 2.33. The van der Waals surface area contributed by atoms with Gasteiger partial charge in [0.2, 0.25) is 0 Å². The van der Waals surface area contributed by atoms with Gasteiger partial charge in [-0.05, 0) is 49.9 Å². The maximum Gasteiger partial charge on any atom is 0.338 e. The first-order valence-corrected chi connectivity index (χ1v) is 9.84. The molecule has 28 heavy (non-hydrogen) atoms. The van der Waals surface area contributed by atoms with Crippen LogP contribution in [0.25, 0.3) is 0 Å². The molecule has 0 aromatic heterocycles. The molecule has 1 aliphatic carbocycles. The summed E-state index contributed by atoms with van der Waals surface area (Å²) in [5.74, 6) is -0.387. The number of hydrogen-bond acceptors (Lipinski definition) is 6. The van der Waals surface area contributed by atoms with Gasteiger partial charge in [-0.25, -0.2) is 4.79 Å². The van der Waals surface area contributed by atoms with Crippen molar-refractivity contribution in [3.8, 4) is 11.8 Å². The highest BCUT2D eigenvalue weighted by molar-refractivity contribution is 5.91. The van der Waals surface area contributed by atoms with E-state index >= 15 is 0 Å². The van der Waals surface area contributed by atoms with Gasteiger partial charge >= 0.3 is 5.97 Å². The SMILES string of the molecule is N#CC1(NC(=O)COC(=O)c2ccc(OCC3CCCO3)cc2)CCCCC1. The summed E-state index contributed by atoms with van der Waals surface area (Å²) in [6.07, 6.45) is 6.35. The van der Waals surface area contributed by atoms with Gasteiger partial charge in [-0.15, -0.1) is 0 Å². The summed E-state index contributed by atoms with van der Waals surface area (Å²) in [6.45, 7) is 0.867. The van der Waals surface area contributed by atoms with Crippen molar-refractivity contribution in [1.29, 1.82) is 5.26 Å². The molecular weight excluding hydrogens is 360 g/mol. The predicted octanol–water partition coefficient (Wildman–Crippen LogP) is 2.74. The molecule has 150 valence electrons. The van der Waals surface area contributed by atoms with Gasteiger partial charge in [0.1, 0.15) is 17.9 Å². The first kappa shape index (κ1) is 20.2. The predicted molar refractivity (Wildman–Crippen MR) is 101 cm³/mol. The van der Waals surface area contributed by atoms with Gasteiger partial charge in [-0.3, -0.25) is 4.79 Å². The number of nitrogens with one attached hydrogen (secondary N) is 1. The van der Waals surface area contributed by atoms with Crippen molar-refractivity contribution in [2.45, 2.75) is 56.6 Å². The van der Waals surface area contributed by atoms with Crippen LogP contribution >= 0.6 is 0 Å². The molecule has 1 aliphatic heterocycles. The van der Waals surface area contributed by atoms with Crippen LogP contribution in [0.2, 0.25) is 0 Å². The lowest BCUT2D eigenvalue weighted by molar-refractivity contribution is -0.125. The number of carbonyl (C=O) groups is 2. The number of amides is 1. The molecule has 1 unspecified atom stereocenters. The van der Waals surface area contributed by atoms with E-state index in [1.54, 1.807) is 24.3 Å². The lowest BCUT2D eigenvalue weighted by Gasteiger charge is -2.31. The second-order valence-corrected chi connectivity index (χ2v) is 7.35. The molecule has 1 amide bonds. The third-order valence-electron chi connectivity index (χ3n) is 5.18. The topological polar surface area (TPSA) is 97.7 Å². The van der Waals surface area contributed by atoms with Gasteiger partial charge < -0.3 is 19.5 Å². The molecule has 0 spiro atoms. The van der Waals surface area contributed by atoms with Crippen molar-refractivity contribution in [3.63, 3.8) is 0 Å². The molecule has 1 aromatic carbocycles. The van der Waals surface area contributed by atoms with E-state index in [9.17, 15) is 14.9 Å². The summed E-state index contributed by atoms with van der Waals surface area (Å²) >= 11 is 0. The Morgan fingerprint density at radius 3 is 2.57 bits per heavy atom.